The fourth-order valence-corrected chi connectivity index (χ4v) is 3.72. The molecular formula is C20H21F2N3O2S. The van der Waals surface area contributed by atoms with Crippen LogP contribution in [0.3, 0.4) is 0 Å². The average molecular weight is 405 g/mol. The van der Waals surface area contributed by atoms with Crippen LogP contribution < -0.4 is 9.64 Å². The summed E-state index contributed by atoms with van der Waals surface area (Å²) in [5.41, 5.74) is 0.0655. The molecule has 0 radical (unpaired) electrons. The Hall–Kier alpha value is -2.58. The third-order valence-electron chi connectivity index (χ3n) is 4.03. The third kappa shape index (κ3) is 5.02. The molecule has 5 nitrogen and oxygen atoms in total. The zero-order valence-corrected chi connectivity index (χ0v) is 16.5. The summed E-state index contributed by atoms with van der Waals surface area (Å²) in [7, 11) is 3.89. The first-order valence-electron chi connectivity index (χ1n) is 8.82. The van der Waals surface area contributed by atoms with Crippen LogP contribution in [-0.4, -0.2) is 49.6 Å². The summed E-state index contributed by atoms with van der Waals surface area (Å²) in [5.74, 6) is -1.11. The normalized spacial score (nSPS) is 11.2. The van der Waals surface area contributed by atoms with Crippen molar-refractivity contribution in [3.8, 4) is 5.75 Å². The number of hydrogen-bond acceptors (Lipinski definition) is 5. The predicted octanol–water partition coefficient (Wildman–Crippen LogP) is 3.94. The molecular weight excluding hydrogens is 384 g/mol. The van der Waals surface area contributed by atoms with Crippen molar-refractivity contribution in [2.75, 3.05) is 38.7 Å². The number of thiazole rings is 1. The second kappa shape index (κ2) is 9.07. The lowest BCUT2D eigenvalue weighted by Gasteiger charge is -2.21. The lowest BCUT2D eigenvalue weighted by Crippen LogP contribution is -2.36. The Bertz CT molecular complexity index is 947. The quantitative estimate of drug-likeness (QED) is 0.570. The van der Waals surface area contributed by atoms with Crippen LogP contribution in [0, 0.1) is 11.6 Å². The van der Waals surface area contributed by atoms with Crippen molar-refractivity contribution in [3.63, 3.8) is 0 Å². The van der Waals surface area contributed by atoms with Crippen LogP contribution >= 0.6 is 11.3 Å². The molecule has 28 heavy (non-hydrogen) atoms. The molecule has 0 unspecified atom stereocenters. The number of fused-ring (bicyclic) bond motifs is 1. The third-order valence-corrected chi connectivity index (χ3v) is 5.05. The molecule has 3 rings (SSSR count). The van der Waals surface area contributed by atoms with Crippen molar-refractivity contribution in [1.82, 2.24) is 9.88 Å². The van der Waals surface area contributed by atoms with E-state index in [9.17, 15) is 13.6 Å². The van der Waals surface area contributed by atoms with Crippen molar-refractivity contribution < 1.29 is 18.3 Å². The highest BCUT2D eigenvalue weighted by Crippen LogP contribution is 2.31. The van der Waals surface area contributed by atoms with Gasteiger partial charge in [-0.15, -0.1) is 0 Å². The lowest BCUT2D eigenvalue weighted by molar-refractivity contribution is -0.120. The summed E-state index contributed by atoms with van der Waals surface area (Å²) in [6.07, 6.45) is 0.705. The Labute approximate surface area is 166 Å². The van der Waals surface area contributed by atoms with Gasteiger partial charge in [-0.3, -0.25) is 9.69 Å². The molecule has 2 aromatic carbocycles. The highest BCUT2D eigenvalue weighted by Gasteiger charge is 2.21. The maximum atomic E-state index is 14.0. The van der Waals surface area contributed by atoms with Gasteiger partial charge >= 0.3 is 0 Å². The van der Waals surface area contributed by atoms with E-state index in [1.54, 1.807) is 12.1 Å². The highest BCUT2D eigenvalue weighted by atomic mass is 32.1. The lowest BCUT2D eigenvalue weighted by atomic mass is 10.3. The summed E-state index contributed by atoms with van der Waals surface area (Å²) in [6, 6.07) is 11.0. The van der Waals surface area contributed by atoms with E-state index in [1.807, 2.05) is 37.2 Å². The number of carbonyl (C=O) groups excluding carboxylic acids is 1. The average Bonchev–Trinajstić information content (AvgIpc) is 3.08. The Kier molecular flexibility index (Phi) is 6.53. The minimum atomic E-state index is -0.737. The molecule has 0 fully saturated rings. The summed E-state index contributed by atoms with van der Waals surface area (Å²) < 4.78 is 33.4. The number of aromatic nitrogens is 1. The number of amides is 1. The summed E-state index contributed by atoms with van der Waals surface area (Å²) in [5, 5.41) is 0.333. The zero-order valence-electron chi connectivity index (χ0n) is 15.7. The van der Waals surface area contributed by atoms with Gasteiger partial charge < -0.3 is 9.64 Å². The molecule has 1 heterocycles. The number of anilines is 1. The topological polar surface area (TPSA) is 45.7 Å². The van der Waals surface area contributed by atoms with Crippen LogP contribution in [0.4, 0.5) is 13.9 Å². The van der Waals surface area contributed by atoms with Gasteiger partial charge in [0.25, 0.3) is 5.91 Å². The number of benzene rings is 2. The standard InChI is InChI=1S/C20H21F2N3O2S/c1-24(2)9-6-10-25(18(26)13-27-15-7-4-3-5-8-15)20-23-19-16(22)11-14(21)12-17(19)28-20/h3-5,7-8,11-12H,6,9-10,13H2,1-2H3. The molecule has 1 amide bonds. The molecule has 0 saturated carbocycles. The first-order chi connectivity index (χ1) is 13.4. The van der Waals surface area contributed by atoms with E-state index in [0.717, 1.165) is 23.9 Å². The molecule has 8 heteroatoms. The fourth-order valence-electron chi connectivity index (χ4n) is 2.67. The van der Waals surface area contributed by atoms with Crippen molar-refractivity contribution >= 4 is 32.6 Å². The van der Waals surface area contributed by atoms with E-state index in [4.69, 9.17) is 4.74 Å². The van der Waals surface area contributed by atoms with Crippen LogP contribution in [0.2, 0.25) is 0 Å². The maximum Gasteiger partial charge on any atom is 0.266 e. The number of nitrogens with zero attached hydrogens (tertiary/aromatic N) is 3. The number of ether oxygens (including phenoxy) is 1. The van der Waals surface area contributed by atoms with Crippen molar-refractivity contribution in [2.24, 2.45) is 0 Å². The van der Waals surface area contributed by atoms with Gasteiger partial charge in [0.2, 0.25) is 0 Å². The Morgan fingerprint density at radius 2 is 1.89 bits per heavy atom. The SMILES string of the molecule is CN(C)CCCN(C(=O)COc1ccccc1)c1nc2c(F)cc(F)cc2s1. The number of carbonyl (C=O) groups is 1. The predicted molar refractivity (Wildman–Crippen MR) is 107 cm³/mol. The van der Waals surface area contributed by atoms with E-state index in [-0.39, 0.29) is 18.0 Å². The molecule has 3 aromatic rings. The van der Waals surface area contributed by atoms with Gasteiger partial charge in [0.05, 0.1) is 4.70 Å². The largest absolute Gasteiger partial charge is 0.484 e. The monoisotopic (exact) mass is 405 g/mol. The summed E-state index contributed by atoms with van der Waals surface area (Å²) in [4.78, 5) is 20.5. The second-order valence-electron chi connectivity index (χ2n) is 6.53. The van der Waals surface area contributed by atoms with E-state index >= 15 is 0 Å². The minimum absolute atomic E-state index is 0.0655. The summed E-state index contributed by atoms with van der Waals surface area (Å²) >= 11 is 1.09. The fraction of sp³-hybridized carbons (Fsp3) is 0.300. The van der Waals surface area contributed by atoms with Crippen molar-refractivity contribution in [2.45, 2.75) is 6.42 Å². The molecule has 0 N–H and O–H groups in total. The van der Waals surface area contributed by atoms with E-state index in [1.165, 1.54) is 11.0 Å². The van der Waals surface area contributed by atoms with E-state index < -0.39 is 11.6 Å². The molecule has 0 aliphatic carbocycles. The molecule has 1 aromatic heterocycles. The van der Waals surface area contributed by atoms with Gasteiger partial charge in [0.1, 0.15) is 17.1 Å². The second-order valence-corrected chi connectivity index (χ2v) is 7.54. The zero-order chi connectivity index (χ0) is 20.1. The van der Waals surface area contributed by atoms with Gasteiger partial charge in [-0.1, -0.05) is 29.5 Å². The number of hydrogen-bond donors (Lipinski definition) is 0. The molecule has 0 aliphatic rings. The van der Waals surface area contributed by atoms with Gasteiger partial charge in [-0.25, -0.2) is 13.8 Å². The van der Waals surface area contributed by atoms with Gasteiger partial charge in [0.15, 0.2) is 17.6 Å². The van der Waals surface area contributed by atoms with Crippen LogP contribution in [0.5, 0.6) is 5.75 Å². The smallest absolute Gasteiger partial charge is 0.266 e. The van der Waals surface area contributed by atoms with Crippen molar-refractivity contribution in [1.29, 1.82) is 0 Å². The van der Waals surface area contributed by atoms with E-state index in [2.05, 4.69) is 4.98 Å². The number of halogens is 2. The van der Waals surface area contributed by atoms with Crippen LogP contribution in [-0.2, 0) is 4.79 Å². The molecule has 148 valence electrons. The van der Waals surface area contributed by atoms with Crippen LogP contribution in [0.1, 0.15) is 6.42 Å². The first kappa shape index (κ1) is 20.2. The van der Waals surface area contributed by atoms with Crippen molar-refractivity contribution in [3.05, 3.63) is 54.1 Å². The Morgan fingerprint density at radius 3 is 2.61 bits per heavy atom. The molecule has 0 spiro atoms. The molecule has 0 aliphatic heterocycles. The maximum absolute atomic E-state index is 14.0. The van der Waals surface area contributed by atoms with Gasteiger partial charge in [-0.2, -0.15) is 0 Å². The molecule has 0 atom stereocenters. The minimum Gasteiger partial charge on any atom is -0.484 e. The highest BCUT2D eigenvalue weighted by molar-refractivity contribution is 7.22. The van der Waals surface area contributed by atoms with Gasteiger partial charge in [-0.05, 0) is 45.3 Å². The molecule has 0 bridgehead atoms. The van der Waals surface area contributed by atoms with E-state index in [0.29, 0.717) is 28.5 Å². The van der Waals surface area contributed by atoms with Gasteiger partial charge in [0, 0.05) is 12.6 Å². The number of rotatable bonds is 8. The summed E-state index contributed by atoms with van der Waals surface area (Å²) in [6.45, 7) is 1.01. The van der Waals surface area contributed by atoms with Crippen LogP contribution in [0.15, 0.2) is 42.5 Å². The molecule has 0 saturated heterocycles. The first-order valence-corrected chi connectivity index (χ1v) is 9.64. The Balaban J connectivity index is 1.81. The Morgan fingerprint density at radius 1 is 1.14 bits per heavy atom. The van der Waals surface area contributed by atoms with Crippen LogP contribution in [0.25, 0.3) is 10.2 Å². The number of para-hydroxylation sites is 1.